The smallest absolute Gasteiger partial charge is 0.311 e. The highest BCUT2D eigenvalue weighted by atomic mass is 16.6. The van der Waals surface area contributed by atoms with E-state index in [4.69, 9.17) is 14.2 Å². The van der Waals surface area contributed by atoms with Gasteiger partial charge in [-0.2, -0.15) is 0 Å². The number of hydrogen-bond donors (Lipinski definition) is 0. The monoisotopic (exact) mass is 280 g/mol. The van der Waals surface area contributed by atoms with Gasteiger partial charge in [-0.15, -0.1) is 0 Å². The summed E-state index contributed by atoms with van der Waals surface area (Å²) in [6, 6.07) is 0. The van der Waals surface area contributed by atoms with Gasteiger partial charge < -0.3 is 14.2 Å². The number of epoxide rings is 1. The van der Waals surface area contributed by atoms with E-state index in [9.17, 15) is 4.79 Å². The summed E-state index contributed by atoms with van der Waals surface area (Å²) in [5, 5.41) is 0. The molecule has 2 saturated heterocycles. The van der Waals surface area contributed by atoms with Crippen LogP contribution in [0.3, 0.4) is 0 Å². The summed E-state index contributed by atoms with van der Waals surface area (Å²) < 4.78 is 16.8. The van der Waals surface area contributed by atoms with Gasteiger partial charge in [0.2, 0.25) is 0 Å². The van der Waals surface area contributed by atoms with Crippen LogP contribution in [0.5, 0.6) is 0 Å². The van der Waals surface area contributed by atoms with Crippen molar-refractivity contribution in [1.82, 2.24) is 0 Å². The second kappa shape index (κ2) is 4.20. The van der Waals surface area contributed by atoms with Crippen molar-refractivity contribution in [3.8, 4) is 0 Å². The highest BCUT2D eigenvalue weighted by molar-refractivity contribution is 5.75. The number of hydrogen-bond acceptors (Lipinski definition) is 4. The van der Waals surface area contributed by atoms with Crippen LogP contribution in [0.1, 0.15) is 39.0 Å². The molecule has 0 amide bonds. The third-order valence-corrected chi connectivity index (χ3v) is 6.43. The first-order valence-electron chi connectivity index (χ1n) is 7.91. The molecule has 2 saturated carbocycles. The highest BCUT2D eigenvalue weighted by Gasteiger charge is 2.65. The maximum atomic E-state index is 12.1. The summed E-state index contributed by atoms with van der Waals surface area (Å²) in [4.78, 5) is 12.1. The Hall–Kier alpha value is -0.610. The summed E-state index contributed by atoms with van der Waals surface area (Å²) in [6.07, 6.45) is 5.89. The minimum Gasteiger partial charge on any atom is -0.462 e. The lowest BCUT2D eigenvalue weighted by molar-refractivity contribution is -0.147. The third kappa shape index (κ3) is 1.70. The summed E-state index contributed by atoms with van der Waals surface area (Å²) in [7, 11) is 1.67. The number of fused-ring (bicyclic) bond motifs is 3. The number of ether oxygens (including phenoxy) is 3. The quantitative estimate of drug-likeness (QED) is 0.574. The van der Waals surface area contributed by atoms with E-state index in [0.29, 0.717) is 18.4 Å². The number of methoxy groups -OCH3 is 1. The van der Waals surface area contributed by atoms with E-state index < -0.39 is 0 Å². The zero-order chi connectivity index (χ0) is 14.0. The van der Waals surface area contributed by atoms with Crippen LogP contribution >= 0.6 is 0 Å². The Balaban J connectivity index is 1.62. The summed E-state index contributed by atoms with van der Waals surface area (Å²) >= 11 is 0. The fraction of sp³-hybridized carbons (Fsp3) is 0.938. The Morgan fingerprint density at radius 2 is 2.20 bits per heavy atom. The topological polar surface area (TPSA) is 48.1 Å². The van der Waals surface area contributed by atoms with Crippen molar-refractivity contribution in [1.29, 1.82) is 0 Å². The van der Waals surface area contributed by atoms with Gasteiger partial charge >= 0.3 is 5.97 Å². The molecule has 1 spiro atoms. The average molecular weight is 280 g/mol. The molecule has 0 aromatic rings. The Labute approximate surface area is 120 Å². The van der Waals surface area contributed by atoms with Gasteiger partial charge in [0, 0.05) is 13.0 Å². The van der Waals surface area contributed by atoms with Gasteiger partial charge in [0.25, 0.3) is 0 Å². The summed E-state index contributed by atoms with van der Waals surface area (Å²) in [6.45, 7) is 3.81. The van der Waals surface area contributed by atoms with Crippen LogP contribution < -0.4 is 0 Å². The SMILES string of the molecule is COC[C@@H]1C(=O)O[C@@H]2C[C@@]3(C)CCC[C@]4(CO4)[C@@H]3C[C@H]12. The number of carbonyl (C=O) groups excluding carboxylic acids is 1. The van der Waals surface area contributed by atoms with Gasteiger partial charge in [-0.25, -0.2) is 0 Å². The average Bonchev–Trinajstić information content (AvgIpc) is 3.10. The van der Waals surface area contributed by atoms with Crippen molar-refractivity contribution in [3.05, 3.63) is 0 Å². The molecule has 2 aliphatic heterocycles. The lowest BCUT2D eigenvalue weighted by atomic mass is 9.53. The molecule has 0 bridgehead atoms. The lowest BCUT2D eigenvalue weighted by Gasteiger charge is -2.51. The van der Waals surface area contributed by atoms with Crippen molar-refractivity contribution in [3.63, 3.8) is 0 Å². The zero-order valence-electron chi connectivity index (χ0n) is 12.4. The van der Waals surface area contributed by atoms with Crippen LogP contribution in [0.25, 0.3) is 0 Å². The molecule has 4 rings (SSSR count). The van der Waals surface area contributed by atoms with Crippen LogP contribution in [-0.2, 0) is 19.0 Å². The summed E-state index contributed by atoms with van der Waals surface area (Å²) in [5.41, 5.74) is 0.430. The molecule has 20 heavy (non-hydrogen) atoms. The van der Waals surface area contributed by atoms with Crippen molar-refractivity contribution < 1.29 is 19.0 Å². The van der Waals surface area contributed by atoms with Crippen molar-refractivity contribution in [2.45, 2.75) is 50.7 Å². The van der Waals surface area contributed by atoms with E-state index >= 15 is 0 Å². The molecule has 4 heteroatoms. The maximum absolute atomic E-state index is 12.1. The van der Waals surface area contributed by atoms with Crippen molar-refractivity contribution in [2.75, 3.05) is 20.3 Å². The highest BCUT2D eigenvalue weighted by Crippen LogP contribution is 2.62. The molecule has 0 N–H and O–H groups in total. The van der Waals surface area contributed by atoms with Gasteiger partial charge in [-0.3, -0.25) is 4.79 Å². The Morgan fingerprint density at radius 3 is 2.90 bits per heavy atom. The Morgan fingerprint density at radius 1 is 1.40 bits per heavy atom. The molecular weight excluding hydrogens is 256 g/mol. The van der Waals surface area contributed by atoms with Gasteiger partial charge in [-0.05, 0) is 43.4 Å². The minimum atomic E-state index is -0.0627. The molecule has 4 fully saturated rings. The molecule has 0 aromatic carbocycles. The predicted octanol–water partition coefficient (Wildman–Crippen LogP) is 2.16. The maximum Gasteiger partial charge on any atom is 0.311 e. The fourth-order valence-corrected chi connectivity index (χ4v) is 5.33. The largest absolute Gasteiger partial charge is 0.462 e. The standard InChI is InChI=1S/C16H24O4/c1-15-4-3-5-16(9-19-16)13(15)6-10-11(8-18-2)14(17)20-12(10)7-15/h10-13H,3-9H2,1-2H3/t10-,11+,12-,13-,15-,16+/m1/s1. The molecular formula is C16H24O4. The molecule has 112 valence electrons. The van der Waals surface area contributed by atoms with E-state index in [1.807, 2.05) is 0 Å². The van der Waals surface area contributed by atoms with Crippen LogP contribution in [0.15, 0.2) is 0 Å². The molecule has 0 radical (unpaired) electrons. The van der Waals surface area contributed by atoms with Crippen molar-refractivity contribution >= 4 is 5.97 Å². The first-order chi connectivity index (χ1) is 9.58. The molecule has 0 unspecified atom stereocenters. The van der Waals surface area contributed by atoms with E-state index in [1.54, 1.807) is 7.11 Å². The van der Waals surface area contributed by atoms with Crippen LogP contribution in [0, 0.1) is 23.2 Å². The first kappa shape index (κ1) is 13.1. The number of carbonyl (C=O) groups is 1. The Bertz CT molecular complexity index is 430. The fourth-order valence-electron chi connectivity index (χ4n) is 5.33. The van der Waals surface area contributed by atoms with Crippen LogP contribution in [0.4, 0.5) is 0 Å². The molecule has 4 nitrogen and oxygen atoms in total. The zero-order valence-corrected chi connectivity index (χ0v) is 12.4. The van der Waals surface area contributed by atoms with E-state index in [2.05, 4.69) is 6.92 Å². The van der Waals surface area contributed by atoms with Crippen LogP contribution in [0.2, 0.25) is 0 Å². The second-order valence-electron chi connectivity index (χ2n) is 7.55. The lowest BCUT2D eigenvalue weighted by Crippen LogP contribution is -2.50. The van der Waals surface area contributed by atoms with Crippen molar-refractivity contribution in [2.24, 2.45) is 23.2 Å². The molecule has 2 heterocycles. The van der Waals surface area contributed by atoms with Gasteiger partial charge in [0.15, 0.2) is 0 Å². The van der Waals surface area contributed by atoms with E-state index in [1.165, 1.54) is 19.3 Å². The second-order valence-corrected chi connectivity index (χ2v) is 7.55. The van der Waals surface area contributed by atoms with Gasteiger partial charge in [-0.1, -0.05) is 6.92 Å². The number of esters is 1. The Kier molecular flexibility index (Phi) is 2.75. The molecule has 6 atom stereocenters. The van der Waals surface area contributed by atoms with E-state index in [-0.39, 0.29) is 29.0 Å². The minimum absolute atomic E-state index is 0.0464. The van der Waals surface area contributed by atoms with Crippen LogP contribution in [-0.4, -0.2) is 38.0 Å². The number of rotatable bonds is 2. The first-order valence-corrected chi connectivity index (χ1v) is 7.91. The van der Waals surface area contributed by atoms with Gasteiger partial charge in [0.1, 0.15) is 6.10 Å². The predicted molar refractivity (Wildman–Crippen MR) is 72.1 cm³/mol. The van der Waals surface area contributed by atoms with E-state index in [0.717, 1.165) is 19.4 Å². The van der Waals surface area contributed by atoms with Gasteiger partial charge in [0.05, 0.1) is 24.7 Å². The third-order valence-electron chi connectivity index (χ3n) is 6.43. The normalized spacial score (nSPS) is 53.4. The molecule has 2 aliphatic carbocycles. The molecule has 4 aliphatic rings. The summed E-state index contributed by atoms with van der Waals surface area (Å²) in [5.74, 6) is 0.820. The molecule has 0 aromatic heterocycles.